The number of nitrogens with zero attached hydrogens (tertiary/aromatic N) is 1. The SMILES string of the molecule is CC[C@H]1OC(=O)[C@H](C)[C@@H](O[C@H]2C[C@@](C)(OC)[C@@H](OC(=O)c3ccccc3)[C@H](C)O2)[C@H](C)[C@@H](OC2O[C@H](C)C[C@H](N(C)C)[C@H]2O)[C@@](C)(OC)C[C@@H](C)[C@H](O)[C@H](C)[C@H]2OC(=O)NC12. The van der Waals surface area contributed by atoms with Crippen molar-refractivity contribution in [2.24, 2.45) is 23.7 Å². The van der Waals surface area contributed by atoms with E-state index in [1.807, 2.05) is 73.5 Å². The number of carbonyl (C=O) groups excluding carboxylic acids is 3. The van der Waals surface area contributed by atoms with E-state index in [1.54, 1.807) is 45.2 Å². The van der Waals surface area contributed by atoms with Gasteiger partial charge in [-0.1, -0.05) is 45.9 Å². The fraction of sp³-hybridized carbons (Fsp3) is 0.800. The van der Waals surface area contributed by atoms with Crippen LogP contribution in [0.2, 0.25) is 0 Å². The van der Waals surface area contributed by atoms with Crippen molar-refractivity contribution < 1.29 is 67.2 Å². The van der Waals surface area contributed by atoms with Gasteiger partial charge in [0.1, 0.15) is 30.0 Å². The number of ether oxygens (including phenoxy) is 9. The molecule has 5 rings (SSSR count). The molecule has 0 bridgehead atoms. The van der Waals surface area contributed by atoms with Gasteiger partial charge in [0.15, 0.2) is 18.7 Å². The number of amides is 1. The Kier molecular flexibility index (Phi) is 16.3. The van der Waals surface area contributed by atoms with E-state index in [4.69, 9.17) is 42.6 Å². The molecule has 1 aromatic carbocycles. The Balaban J connectivity index is 1.57. The van der Waals surface area contributed by atoms with E-state index in [1.165, 1.54) is 7.11 Å². The number of hydrogen-bond donors (Lipinski definition) is 3. The summed E-state index contributed by atoms with van der Waals surface area (Å²) in [6.45, 7) is 16.6. The zero-order chi connectivity index (χ0) is 45.1. The second-order valence-electron chi connectivity index (χ2n) is 18.5. The molecule has 0 saturated carbocycles. The highest BCUT2D eigenvalue weighted by atomic mass is 16.7. The standard InChI is InChI=1S/C45H72N2O14/c1-14-31-33-37(59-43(52)46-33)25(4)34(48)23(2)21-44(8,53-12)38(61-42-35(49)30(47(10)11)20-24(3)55-42)26(5)36(27(6)40(50)57-31)58-32-22-45(9,54-13)39(28(7)56-32)60-41(51)29-18-16-15-17-19-29/h15-19,23-28,30-39,42,48-49H,14,20-22H2,1-13H3,(H,46,52)/t23-,24-,25+,26+,27-,28+,30+,31-,32+,33?,34+,35-,36+,37-,38-,39+,42?,44+,45-/m1/s1. The summed E-state index contributed by atoms with van der Waals surface area (Å²) in [5.74, 6) is -3.81. The third kappa shape index (κ3) is 10.7. The van der Waals surface area contributed by atoms with Gasteiger partial charge in [-0.15, -0.1) is 0 Å². The predicted octanol–water partition coefficient (Wildman–Crippen LogP) is 4.46. The molecular formula is C45H72N2O14. The van der Waals surface area contributed by atoms with Crippen LogP contribution < -0.4 is 5.32 Å². The summed E-state index contributed by atoms with van der Waals surface area (Å²) in [6.07, 6.45) is -8.86. The molecule has 4 aliphatic rings. The lowest BCUT2D eigenvalue weighted by atomic mass is 9.74. The van der Waals surface area contributed by atoms with Gasteiger partial charge in [-0.25, -0.2) is 9.59 Å². The zero-order valence-corrected chi connectivity index (χ0v) is 38.3. The lowest BCUT2D eigenvalue weighted by Gasteiger charge is -2.50. The Labute approximate surface area is 361 Å². The van der Waals surface area contributed by atoms with Gasteiger partial charge in [-0.3, -0.25) is 4.79 Å². The second kappa shape index (κ2) is 20.3. The highest BCUT2D eigenvalue weighted by Crippen LogP contribution is 2.42. The number of aliphatic hydroxyl groups is 2. The van der Waals surface area contributed by atoms with Crippen LogP contribution in [0.15, 0.2) is 30.3 Å². The number of aliphatic hydroxyl groups excluding tert-OH is 2. The Morgan fingerprint density at radius 2 is 1.51 bits per heavy atom. The molecule has 4 fully saturated rings. The normalized spacial score (nSPS) is 44.0. The minimum Gasteiger partial charge on any atom is -0.460 e. The van der Waals surface area contributed by atoms with Gasteiger partial charge in [0, 0.05) is 38.5 Å². The molecule has 4 aliphatic heterocycles. The molecule has 2 unspecified atom stereocenters. The molecule has 1 aromatic rings. The number of fused-ring (bicyclic) bond motifs is 1. The van der Waals surface area contributed by atoms with Gasteiger partial charge >= 0.3 is 18.0 Å². The van der Waals surface area contributed by atoms with Crippen LogP contribution in [-0.4, -0.2) is 152 Å². The van der Waals surface area contributed by atoms with E-state index in [-0.39, 0.29) is 25.0 Å². The molecule has 4 heterocycles. The van der Waals surface area contributed by atoms with Gasteiger partial charge in [-0.2, -0.15) is 0 Å². The van der Waals surface area contributed by atoms with Gasteiger partial charge < -0.3 is 63.1 Å². The largest absolute Gasteiger partial charge is 0.460 e. The predicted molar refractivity (Wildman–Crippen MR) is 222 cm³/mol. The van der Waals surface area contributed by atoms with Crippen LogP contribution >= 0.6 is 0 Å². The number of alkyl carbamates (subject to hydrolysis) is 1. The topological polar surface area (TPSA) is 190 Å². The fourth-order valence-electron chi connectivity index (χ4n) is 10.0. The molecule has 0 aromatic heterocycles. The first-order valence-electron chi connectivity index (χ1n) is 21.9. The van der Waals surface area contributed by atoms with E-state index in [9.17, 15) is 24.6 Å². The summed E-state index contributed by atoms with van der Waals surface area (Å²) >= 11 is 0. The quantitative estimate of drug-likeness (QED) is 0.221. The lowest BCUT2D eigenvalue weighted by molar-refractivity contribution is -0.319. The third-order valence-electron chi connectivity index (χ3n) is 13.8. The van der Waals surface area contributed by atoms with E-state index < -0.39 is 120 Å². The van der Waals surface area contributed by atoms with Crippen molar-refractivity contribution in [2.75, 3.05) is 28.3 Å². The van der Waals surface area contributed by atoms with Gasteiger partial charge in [-0.05, 0) is 86.0 Å². The van der Waals surface area contributed by atoms with Crippen LogP contribution in [0.3, 0.4) is 0 Å². The molecular weight excluding hydrogens is 792 g/mol. The number of benzene rings is 1. The van der Waals surface area contributed by atoms with Gasteiger partial charge in [0.25, 0.3) is 0 Å². The maximum absolute atomic E-state index is 14.5. The summed E-state index contributed by atoms with van der Waals surface area (Å²) < 4.78 is 57.2. The maximum Gasteiger partial charge on any atom is 0.407 e. The number of nitrogens with one attached hydrogen (secondary N) is 1. The number of rotatable bonds is 10. The summed E-state index contributed by atoms with van der Waals surface area (Å²) in [5.41, 5.74) is -1.89. The van der Waals surface area contributed by atoms with Crippen LogP contribution in [0.1, 0.15) is 98.4 Å². The number of methoxy groups -OCH3 is 2. The maximum atomic E-state index is 14.5. The summed E-state index contributed by atoms with van der Waals surface area (Å²) in [4.78, 5) is 42.5. The van der Waals surface area contributed by atoms with Crippen LogP contribution in [0.5, 0.6) is 0 Å². The molecule has 3 N–H and O–H groups in total. The molecule has 16 nitrogen and oxygen atoms in total. The average molecular weight is 865 g/mol. The van der Waals surface area contributed by atoms with Crippen LogP contribution in [-0.2, 0) is 47.4 Å². The van der Waals surface area contributed by atoms with Crippen molar-refractivity contribution in [1.29, 1.82) is 0 Å². The molecule has 346 valence electrons. The number of esters is 2. The van der Waals surface area contributed by atoms with Crippen molar-refractivity contribution in [3.05, 3.63) is 35.9 Å². The van der Waals surface area contributed by atoms with Crippen molar-refractivity contribution >= 4 is 18.0 Å². The Hall–Kier alpha value is -2.93. The number of carbonyl (C=O) groups is 3. The fourth-order valence-corrected chi connectivity index (χ4v) is 10.0. The molecule has 1 amide bonds. The minimum absolute atomic E-state index is 0.108. The molecule has 0 aliphatic carbocycles. The molecule has 19 atom stereocenters. The van der Waals surface area contributed by atoms with Crippen molar-refractivity contribution in [2.45, 2.75) is 179 Å². The molecule has 0 radical (unpaired) electrons. The minimum atomic E-state index is -1.19. The Morgan fingerprint density at radius 1 is 0.869 bits per heavy atom. The first kappa shape index (κ1) is 49.1. The van der Waals surface area contributed by atoms with Crippen LogP contribution in [0.25, 0.3) is 0 Å². The van der Waals surface area contributed by atoms with Crippen molar-refractivity contribution in [3.8, 4) is 0 Å². The van der Waals surface area contributed by atoms with E-state index in [0.29, 0.717) is 18.4 Å². The molecule has 0 spiro atoms. The van der Waals surface area contributed by atoms with Crippen LogP contribution in [0.4, 0.5) is 4.79 Å². The van der Waals surface area contributed by atoms with Gasteiger partial charge in [0.2, 0.25) is 0 Å². The molecule has 4 saturated heterocycles. The monoisotopic (exact) mass is 864 g/mol. The third-order valence-corrected chi connectivity index (χ3v) is 13.8. The van der Waals surface area contributed by atoms with E-state index >= 15 is 0 Å². The summed E-state index contributed by atoms with van der Waals surface area (Å²) in [5, 5.41) is 26.5. The molecule has 61 heavy (non-hydrogen) atoms. The Bertz CT molecular complexity index is 1620. The van der Waals surface area contributed by atoms with E-state index in [2.05, 4.69) is 5.32 Å². The first-order valence-corrected chi connectivity index (χ1v) is 21.9. The zero-order valence-electron chi connectivity index (χ0n) is 38.3. The van der Waals surface area contributed by atoms with E-state index in [0.717, 1.165) is 0 Å². The highest BCUT2D eigenvalue weighted by Gasteiger charge is 2.55. The second-order valence-corrected chi connectivity index (χ2v) is 18.5. The van der Waals surface area contributed by atoms with Crippen molar-refractivity contribution in [3.63, 3.8) is 0 Å². The number of cyclic esters (lactones) is 1. The average Bonchev–Trinajstić information content (AvgIpc) is 3.62. The summed E-state index contributed by atoms with van der Waals surface area (Å²) in [6, 6.07) is 7.66. The lowest BCUT2D eigenvalue weighted by Crippen LogP contribution is -2.61. The molecule has 16 heteroatoms. The van der Waals surface area contributed by atoms with Crippen LogP contribution in [0, 0.1) is 23.7 Å². The van der Waals surface area contributed by atoms with Gasteiger partial charge in [0.05, 0.1) is 47.6 Å². The highest BCUT2D eigenvalue weighted by molar-refractivity contribution is 5.89. The first-order chi connectivity index (χ1) is 28.7. The Morgan fingerprint density at radius 3 is 2.11 bits per heavy atom. The number of hydrogen-bond acceptors (Lipinski definition) is 15. The smallest absolute Gasteiger partial charge is 0.407 e. The number of likely N-dealkylation sites (N-methyl/N-ethyl adjacent to an activating group) is 1. The summed E-state index contributed by atoms with van der Waals surface area (Å²) in [7, 11) is 6.88. The van der Waals surface area contributed by atoms with Crippen molar-refractivity contribution in [1.82, 2.24) is 10.2 Å².